The lowest BCUT2D eigenvalue weighted by atomic mass is 9.86. The number of likely N-dealkylation sites (tertiary alicyclic amines) is 1. The second-order valence-corrected chi connectivity index (χ2v) is 6.66. The van der Waals surface area contributed by atoms with Gasteiger partial charge in [0.25, 0.3) is 0 Å². The van der Waals surface area contributed by atoms with Crippen LogP contribution in [0.25, 0.3) is 0 Å². The van der Waals surface area contributed by atoms with E-state index in [0.717, 1.165) is 19.3 Å². The fourth-order valence-electron chi connectivity index (χ4n) is 3.48. The van der Waals surface area contributed by atoms with Crippen molar-refractivity contribution >= 4 is 17.8 Å². The second-order valence-electron chi connectivity index (χ2n) is 6.66. The second kappa shape index (κ2) is 8.31. The fraction of sp³-hybridized carbons (Fsp3) is 0.824. The molecule has 1 heterocycles. The number of piperidine rings is 1. The summed E-state index contributed by atoms with van der Waals surface area (Å²) in [5, 5.41) is 2.90. The van der Waals surface area contributed by atoms with E-state index in [9.17, 15) is 14.4 Å². The molecular formula is C17H28N2O4. The van der Waals surface area contributed by atoms with Crippen LogP contribution in [-0.2, 0) is 19.1 Å². The highest BCUT2D eigenvalue weighted by atomic mass is 16.5. The van der Waals surface area contributed by atoms with Crippen LogP contribution in [0.15, 0.2) is 0 Å². The quantitative estimate of drug-likeness (QED) is 0.630. The van der Waals surface area contributed by atoms with E-state index in [2.05, 4.69) is 12.2 Å². The van der Waals surface area contributed by atoms with Gasteiger partial charge in [0.1, 0.15) is 0 Å². The smallest absolute Gasteiger partial charge is 0.311 e. The monoisotopic (exact) mass is 324 g/mol. The molecule has 2 atom stereocenters. The van der Waals surface area contributed by atoms with Crippen LogP contribution in [0.1, 0.15) is 52.4 Å². The average Bonchev–Trinajstić information content (AvgIpc) is 2.56. The zero-order valence-electron chi connectivity index (χ0n) is 14.2. The number of nitrogens with one attached hydrogen (secondary N) is 1. The number of nitrogens with zero attached hydrogens (tertiary/aromatic N) is 1. The molecule has 2 unspecified atom stereocenters. The molecule has 0 aromatic carbocycles. The minimum Gasteiger partial charge on any atom is -0.466 e. The summed E-state index contributed by atoms with van der Waals surface area (Å²) in [5.41, 5.74) is 0. The van der Waals surface area contributed by atoms with Crippen molar-refractivity contribution in [2.45, 2.75) is 58.4 Å². The van der Waals surface area contributed by atoms with Crippen LogP contribution >= 0.6 is 0 Å². The Balaban J connectivity index is 1.79. The number of ether oxygens (including phenoxy) is 1. The SMILES string of the molecule is CCOC(=O)C1CCN(C(=O)C(=O)NC2CCCCC2C)CC1. The average molecular weight is 324 g/mol. The summed E-state index contributed by atoms with van der Waals surface area (Å²) in [7, 11) is 0. The van der Waals surface area contributed by atoms with Gasteiger partial charge in [-0.05, 0) is 38.5 Å². The van der Waals surface area contributed by atoms with E-state index in [1.165, 1.54) is 6.42 Å². The molecule has 0 radical (unpaired) electrons. The number of amides is 2. The summed E-state index contributed by atoms with van der Waals surface area (Å²) in [4.78, 5) is 37.7. The van der Waals surface area contributed by atoms with E-state index in [-0.39, 0.29) is 17.9 Å². The van der Waals surface area contributed by atoms with E-state index in [1.807, 2.05) is 0 Å². The van der Waals surface area contributed by atoms with E-state index < -0.39 is 11.8 Å². The van der Waals surface area contributed by atoms with E-state index in [4.69, 9.17) is 4.74 Å². The highest BCUT2D eigenvalue weighted by molar-refractivity contribution is 6.35. The molecule has 1 saturated heterocycles. The van der Waals surface area contributed by atoms with Crippen molar-refractivity contribution in [1.82, 2.24) is 10.2 Å². The Morgan fingerprint density at radius 3 is 2.35 bits per heavy atom. The molecular weight excluding hydrogens is 296 g/mol. The lowest BCUT2D eigenvalue weighted by Gasteiger charge is -2.32. The molecule has 0 spiro atoms. The highest BCUT2D eigenvalue weighted by Crippen LogP contribution is 2.24. The maximum Gasteiger partial charge on any atom is 0.311 e. The van der Waals surface area contributed by atoms with Crippen molar-refractivity contribution < 1.29 is 19.1 Å². The van der Waals surface area contributed by atoms with Gasteiger partial charge >= 0.3 is 17.8 Å². The summed E-state index contributed by atoms with van der Waals surface area (Å²) >= 11 is 0. The Morgan fingerprint density at radius 1 is 1.09 bits per heavy atom. The maximum atomic E-state index is 12.3. The van der Waals surface area contributed by atoms with Gasteiger partial charge in [0.05, 0.1) is 12.5 Å². The van der Waals surface area contributed by atoms with Gasteiger partial charge in [-0.25, -0.2) is 0 Å². The zero-order valence-corrected chi connectivity index (χ0v) is 14.2. The first-order chi connectivity index (χ1) is 11.0. The van der Waals surface area contributed by atoms with Gasteiger partial charge in [0.15, 0.2) is 0 Å². The molecule has 0 aromatic rings. The summed E-state index contributed by atoms with van der Waals surface area (Å²) in [6.45, 7) is 5.17. The minimum absolute atomic E-state index is 0.109. The highest BCUT2D eigenvalue weighted by Gasteiger charge is 2.32. The molecule has 1 aliphatic carbocycles. The molecule has 6 nitrogen and oxygen atoms in total. The van der Waals surface area contributed by atoms with Crippen LogP contribution in [0, 0.1) is 11.8 Å². The van der Waals surface area contributed by atoms with Gasteiger partial charge < -0.3 is 15.0 Å². The van der Waals surface area contributed by atoms with Crippen molar-refractivity contribution in [2.24, 2.45) is 11.8 Å². The van der Waals surface area contributed by atoms with Crippen LogP contribution in [0.2, 0.25) is 0 Å². The van der Waals surface area contributed by atoms with E-state index in [1.54, 1.807) is 11.8 Å². The summed E-state index contributed by atoms with van der Waals surface area (Å²) in [6, 6.07) is 0.109. The van der Waals surface area contributed by atoms with Crippen LogP contribution in [-0.4, -0.2) is 48.4 Å². The first-order valence-corrected chi connectivity index (χ1v) is 8.79. The largest absolute Gasteiger partial charge is 0.466 e. The van der Waals surface area contributed by atoms with Crippen LogP contribution in [0.5, 0.6) is 0 Å². The standard InChI is InChI=1S/C17H28N2O4/c1-3-23-17(22)13-8-10-19(11-9-13)16(21)15(20)18-14-7-5-4-6-12(14)2/h12-14H,3-11H2,1-2H3,(H,18,20). The summed E-state index contributed by atoms with van der Waals surface area (Å²) in [5.74, 6) is -0.890. The predicted octanol–water partition coefficient (Wildman–Crippen LogP) is 1.48. The third-order valence-corrected chi connectivity index (χ3v) is 5.02. The normalized spacial score (nSPS) is 25.7. The molecule has 1 saturated carbocycles. The van der Waals surface area contributed by atoms with Crippen molar-refractivity contribution in [3.63, 3.8) is 0 Å². The Hall–Kier alpha value is -1.59. The number of hydrogen-bond donors (Lipinski definition) is 1. The first kappa shape index (κ1) is 17.8. The maximum absolute atomic E-state index is 12.3. The molecule has 23 heavy (non-hydrogen) atoms. The lowest BCUT2D eigenvalue weighted by Crippen LogP contribution is -2.51. The van der Waals surface area contributed by atoms with Crippen LogP contribution < -0.4 is 5.32 Å². The van der Waals surface area contributed by atoms with E-state index in [0.29, 0.717) is 38.5 Å². The Bertz CT molecular complexity index is 444. The predicted molar refractivity (Wildman–Crippen MR) is 85.5 cm³/mol. The van der Waals surface area contributed by atoms with Crippen molar-refractivity contribution in [2.75, 3.05) is 19.7 Å². The third-order valence-electron chi connectivity index (χ3n) is 5.02. The molecule has 2 rings (SSSR count). The van der Waals surface area contributed by atoms with Gasteiger partial charge in [-0.1, -0.05) is 19.8 Å². The minimum atomic E-state index is -0.502. The summed E-state index contributed by atoms with van der Waals surface area (Å²) < 4.78 is 5.02. The molecule has 2 amide bonds. The molecule has 2 fully saturated rings. The summed E-state index contributed by atoms with van der Waals surface area (Å²) in [6.07, 6.45) is 5.49. The van der Waals surface area contributed by atoms with Crippen LogP contribution in [0.4, 0.5) is 0 Å². The number of esters is 1. The van der Waals surface area contributed by atoms with Gasteiger partial charge in [-0.2, -0.15) is 0 Å². The van der Waals surface area contributed by atoms with Crippen molar-refractivity contribution in [3.05, 3.63) is 0 Å². The molecule has 130 valence electrons. The topological polar surface area (TPSA) is 75.7 Å². The third kappa shape index (κ3) is 4.69. The number of carbonyl (C=O) groups is 3. The van der Waals surface area contributed by atoms with Crippen molar-refractivity contribution in [1.29, 1.82) is 0 Å². The number of hydrogen-bond acceptors (Lipinski definition) is 4. The van der Waals surface area contributed by atoms with Gasteiger partial charge in [0, 0.05) is 19.1 Å². The van der Waals surface area contributed by atoms with Crippen LogP contribution in [0.3, 0.4) is 0 Å². The Labute approximate surface area is 137 Å². The molecule has 1 N–H and O–H groups in total. The molecule has 0 aromatic heterocycles. The van der Waals surface area contributed by atoms with Gasteiger partial charge in [0.2, 0.25) is 0 Å². The van der Waals surface area contributed by atoms with E-state index >= 15 is 0 Å². The first-order valence-electron chi connectivity index (χ1n) is 8.79. The van der Waals surface area contributed by atoms with Gasteiger partial charge in [-0.15, -0.1) is 0 Å². The van der Waals surface area contributed by atoms with Gasteiger partial charge in [-0.3, -0.25) is 14.4 Å². The zero-order chi connectivity index (χ0) is 16.8. The van der Waals surface area contributed by atoms with Crippen molar-refractivity contribution in [3.8, 4) is 0 Å². The number of rotatable bonds is 3. The lowest BCUT2D eigenvalue weighted by molar-refractivity contribution is -0.153. The molecule has 1 aliphatic heterocycles. The number of carbonyl (C=O) groups excluding carboxylic acids is 3. The Kier molecular flexibility index (Phi) is 6.42. The Morgan fingerprint density at radius 2 is 1.74 bits per heavy atom. The molecule has 0 bridgehead atoms. The molecule has 6 heteroatoms. The molecule has 2 aliphatic rings. The fourth-order valence-corrected chi connectivity index (χ4v) is 3.48.